The van der Waals surface area contributed by atoms with Crippen molar-refractivity contribution in [1.29, 1.82) is 0 Å². The average Bonchev–Trinajstić information content (AvgIpc) is 3.36. The highest BCUT2D eigenvalue weighted by Crippen LogP contribution is 2.32. The number of amides is 1. The third-order valence-electron chi connectivity index (χ3n) is 5.76. The van der Waals surface area contributed by atoms with Crippen LogP contribution in [-0.2, 0) is 11.2 Å². The van der Waals surface area contributed by atoms with Crippen molar-refractivity contribution in [2.24, 2.45) is 0 Å². The fourth-order valence-electron chi connectivity index (χ4n) is 4.42. The number of pyridine rings is 1. The molecule has 2 aliphatic rings. The van der Waals surface area contributed by atoms with Gasteiger partial charge in [0.25, 0.3) is 0 Å². The number of nitrogens with one attached hydrogen (secondary N) is 2. The number of aryl methyl sites for hydroxylation is 1. The van der Waals surface area contributed by atoms with Crippen molar-refractivity contribution >= 4 is 11.7 Å². The van der Waals surface area contributed by atoms with E-state index in [1.54, 1.807) is 6.20 Å². The van der Waals surface area contributed by atoms with Crippen LogP contribution >= 0.6 is 0 Å². The highest BCUT2D eigenvalue weighted by atomic mass is 16.2. The maximum absolute atomic E-state index is 12.9. The number of hydrogen-bond donors (Lipinski definition) is 3. The van der Waals surface area contributed by atoms with Crippen LogP contribution in [-0.4, -0.2) is 41.0 Å². The molecule has 0 bridgehead atoms. The van der Waals surface area contributed by atoms with Crippen LogP contribution in [0.15, 0.2) is 48.7 Å². The van der Waals surface area contributed by atoms with Gasteiger partial charge in [0.1, 0.15) is 5.82 Å². The fraction of sp³-hybridized carbons (Fsp3) is 0.429. The largest absolute Gasteiger partial charge is 0.384 e. The molecule has 2 aromatic rings. The number of nitrogen functional groups attached to an aromatic ring is 1. The number of hydrazine groups is 1. The number of nitrogens with two attached hydrogens (primary N) is 1. The monoisotopic (exact) mass is 365 g/mol. The minimum Gasteiger partial charge on any atom is -0.384 e. The normalized spacial score (nSPS) is 25.0. The van der Waals surface area contributed by atoms with E-state index in [0.29, 0.717) is 12.2 Å². The Kier molecular flexibility index (Phi) is 5.36. The molecule has 1 amide bonds. The number of carbonyl (C=O) groups excluding carboxylic acids is 1. The Morgan fingerprint density at radius 2 is 2.11 bits per heavy atom. The molecule has 3 unspecified atom stereocenters. The van der Waals surface area contributed by atoms with Gasteiger partial charge in [-0.25, -0.2) is 4.98 Å². The standard InChI is InChI=1S/C21H27N5O/c22-19-13-16(10-11-23-19)17-14-24-25-21(17)18-7-4-12-26(18)20(27)9-8-15-5-2-1-3-6-15/h1-3,5-6,10-11,13,17-18,21,24-25H,4,7-9,12,14H2,(H2,22,23). The molecule has 0 aliphatic carbocycles. The van der Waals surface area contributed by atoms with Crippen LogP contribution in [0.5, 0.6) is 0 Å². The van der Waals surface area contributed by atoms with Gasteiger partial charge in [-0.15, -0.1) is 0 Å². The first-order valence-electron chi connectivity index (χ1n) is 9.75. The van der Waals surface area contributed by atoms with Gasteiger partial charge in [-0.3, -0.25) is 15.6 Å². The van der Waals surface area contributed by atoms with Crippen molar-refractivity contribution in [1.82, 2.24) is 20.7 Å². The van der Waals surface area contributed by atoms with Crippen LogP contribution in [0.3, 0.4) is 0 Å². The van der Waals surface area contributed by atoms with Crippen molar-refractivity contribution in [3.8, 4) is 0 Å². The fourth-order valence-corrected chi connectivity index (χ4v) is 4.42. The number of benzene rings is 1. The van der Waals surface area contributed by atoms with Crippen LogP contribution in [0.4, 0.5) is 5.82 Å². The van der Waals surface area contributed by atoms with E-state index in [4.69, 9.17) is 5.73 Å². The minimum atomic E-state index is 0.190. The second-order valence-corrected chi connectivity index (χ2v) is 7.45. The Morgan fingerprint density at radius 1 is 1.26 bits per heavy atom. The topological polar surface area (TPSA) is 83.3 Å². The molecule has 1 aromatic carbocycles. The maximum atomic E-state index is 12.9. The van der Waals surface area contributed by atoms with Gasteiger partial charge in [-0.2, -0.15) is 0 Å². The predicted molar refractivity (Wildman–Crippen MR) is 106 cm³/mol. The van der Waals surface area contributed by atoms with Crippen molar-refractivity contribution in [2.75, 3.05) is 18.8 Å². The molecule has 4 N–H and O–H groups in total. The number of rotatable bonds is 5. The summed E-state index contributed by atoms with van der Waals surface area (Å²) in [4.78, 5) is 19.1. The molecule has 2 saturated heterocycles. The molecule has 0 radical (unpaired) electrons. The minimum absolute atomic E-state index is 0.190. The molecule has 2 aliphatic heterocycles. The Balaban J connectivity index is 1.44. The van der Waals surface area contributed by atoms with Gasteiger partial charge < -0.3 is 10.6 Å². The maximum Gasteiger partial charge on any atom is 0.223 e. The first-order valence-corrected chi connectivity index (χ1v) is 9.75. The summed E-state index contributed by atoms with van der Waals surface area (Å²) in [5.41, 5.74) is 15.0. The molecule has 6 nitrogen and oxygen atoms in total. The van der Waals surface area contributed by atoms with E-state index in [0.717, 1.165) is 32.4 Å². The van der Waals surface area contributed by atoms with Crippen molar-refractivity contribution in [3.05, 3.63) is 59.8 Å². The van der Waals surface area contributed by atoms with Crippen LogP contribution < -0.4 is 16.6 Å². The summed E-state index contributed by atoms with van der Waals surface area (Å²) in [6.45, 7) is 1.68. The Hall–Kier alpha value is -2.44. The molecular weight excluding hydrogens is 338 g/mol. The van der Waals surface area contributed by atoms with Crippen molar-refractivity contribution in [3.63, 3.8) is 0 Å². The summed E-state index contributed by atoms with van der Waals surface area (Å²) >= 11 is 0. The SMILES string of the molecule is Nc1cc(C2CNNC2C2CCCN2C(=O)CCc2ccccc2)ccn1. The third kappa shape index (κ3) is 3.96. The van der Waals surface area contributed by atoms with Crippen LogP contribution in [0.2, 0.25) is 0 Å². The van der Waals surface area contributed by atoms with Gasteiger partial charge >= 0.3 is 0 Å². The van der Waals surface area contributed by atoms with E-state index in [2.05, 4.69) is 32.9 Å². The molecule has 4 rings (SSSR count). The van der Waals surface area contributed by atoms with Crippen LogP contribution in [0.1, 0.15) is 36.3 Å². The summed E-state index contributed by atoms with van der Waals surface area (Å²) in [6, 6.07) is 14.6. The van der Waals surface area contributed by atoms with E-state index in [1.165, 1.54) is 11.1 Å². The lowest BCUT2D eigenvalue weighted by Crippen LogP contribution is -2.49. The number of carbonyl (C=O) groups is 1. The second-order valence-electron chi connectivity index (χ2n) is 7.45. The summed E-state index contributed by atoms with van der Waals surface area (Å²) in [7, 11) is 0. The Bertz CT molecular complexity index is 781. The molecule has 3 heterocycles. The molecule has 27 heavy (non-hydrogen) atoms. The molecule has 142 valence electrons. The molecule has 1 aromatic heterocycles. The number of anilines is 1. The Labute approximate surface area is 160 Å². The number of likely N-dealkylation sites (tertiary alicyclic amines) is 1. The number of hydrogen-bond acceptors (Lipinski definition) is 5. The van der Waals surface area contributed by atoms with E-state index in [1.807, 2.05) is 30.3 Å². The molecule has 0 saturated carbocycles. The summed E-state index contributed by atoms with van der Waals surface area (Å²) in [5.74, 6) is 1.08. The van der Waals surface area contributed by atoms with Gasteiger partial charge in [0.05, 0.1) is 0 Å². The summed E-state index contributed by atoms with van der Waals surface area (Å²) in [5, 5.41) is 0. The van der Waals surface area contributed by atoms with Gasteiger partial charge in [0, 0.05) is 43.7 Å². The summed E-state index contributed by atoms with van der Waals surface area (Å²) in [6.07, 6.45) is 5.22. The zero-order valence-electron chi connectivity index (χ0n) is 15.5. The van der Waals surface area contributed by atoms with Crippen LogP contribution in [0, 0.1) is 0 Å². The lowest BCUT2D eigenvalue weighted by Gasteiger charge is -2.32. The number of aromatic nitrogens is 1. The van der Waals surface area contributed by atoms with Gasteiger partial charge in [0.2, 0.25) is 5.91 Å². The lowest BCUT2D eigenvalue weighted by atomic mass is 9.88. The molecular formula is C21H27N5O. The van der Waals surface area contributed by atoms with Crippen LogP contribution in [0.25, 0.3) is 0 Å². The highest BCUT2D eigenvalue weighted by Gasteiger charge is 2.41. The van der Waals surface area contributed by atoms with Gasteiger partial charge in [-0.05, 0) is 42.5 Å². The first kappa shape index (κ1) is 17.9. The molecule has 6 heteroatoms. The smallest absolute Gasteiger partial charge is 0.223 e. The van der Waals surface area contributed by atoms with Crippen molar-refractivity contribution in [2.45, 2.75) is 43.7 Å². The molecule has 0 spiro atoms. The summed E-state index contributed by atoms with van der Waals surface area (Å²) < 4.78 is 0. The van der Waals surface area contributed by atoms with E-state index < -0.39 is 0 Å². The Morgan fingerprint density at radius 3 is 2.93 bits per heavy atom. The third-order valence-corrected chi connectivity index (χ3v) is 5.76. The van der Waals surface area contributed by atoms with Gasteiger partial charge in [0.15, 0.2) is 0 Å². The van der Waals surface area contributed by atoms with Crippen molar-refractivity contribution < 1.29 is 4.79 Å². The first-order chi connectivity index (χ1) is 13.2. The predicted octanol–water partition coefficient (Wildman–Crippen LogP) is 1.85. The number of nitrogens with zero attached hydrogens (tertiary/aromatic N) is 2. The van der Waals surface area contributed by atoms with E-state index >= 15 is 0 Å². The molecule has 3 atom stereocenters. The van der Waals surface area contributed by atoms with E-state index in [9.17, 15) is 4.79 Å². The lowest BCUT2D eigenvalue weighted by molar-refractivity contribution is -0.132. The average molecular weight is 365 g/mol. The second kappa shape index (κ2) is 8.06. The highest BCUT2D eigenvalue weighted by molar-refractivity contribution is 5.77. The van der Waals surface area contributed by atoms with E-state index in [-0.39, 0.29) is 23.9 Å². The zero-order chi connectivity index (χ0) is 18.6. The molecule has 2 fully saturated rings. The zero-order valence-corrected chi connectivity index (χ0v) is 15.5. The van der Waals surface area contributed by atoms with Gasteiger partial charge in [-0.1, -0.05) is 30.3 Å². The quantitative estimate of drug-likeness (QED) is 0.753.